The second kappa shape index (κ2) is 6.26. The van der Waals surface area contributed by atoms with Gasteiger partial charge in [0.25, 0.3) is 0 Å². The topological polar surface area (TPSA) is 26.8 Å². The molecule has 2 fully saturated rings. The molecule has 4 rings (SSSR count). The number of anilines is 1. The Morgan fingerprint density at radius 2 is 2.12 bits per heavy atom. The van der Waals surface area contributed by atoms with Crippen molar-refractivity contribution in [3.05, 3.63) is 38.7 Å². The molecule has 2 aliphatic rings. The van der Waals surface area contributed by atoms with Gasteiger partial charge in [-0.25, -0.2) is 0 Å². The van der Waals surface area contributed by atoms with Crippen LogP contribution in [0.5, 0.6) is 0 Å². The van der Waals surface area contributed by atoms with Crippen molar-refractivity contribution < 1.29 is 4.79 Å². The van der Waals surface area contributed by atoms with Crippen LogP contribution in [0.1, 0.15) is 16.9 Å². The highest BCUT2D eigenvalue weighted by Gasteiger charge is 2.47. The minimum atomic E-state index is 0.0843. The molecular formula is C18H23N3OS2. The van der Waals surface area contributed by atoms with Crippen LogP contribution in [0.2, 0.25) is 0 Å². The van der Waals surface area contributed by atoms with E-state index in [0.29, 0.717) is 6.54 Å². The third-order valence-corrected chi connectivity index (χ3v) is 7.18. The first kappa shape index (κ1) is 16.3. The first-order chi connectivity index (χ1) is 11.6. The minimum Gasteiger partial charge on any atom is -0.309 e. The van der Waals surface area contributed by atoms with Crippen LogP contribution >= 0.6 is 22.7 Å². The molecule has 4 heterocycles. The zero-order chi connectivity index (χ0) is 16.7. The number of aryl methyl sites for hydroxylation is 1. The zero-order valence-electron chi connectivity index (χ0n) is 14.2. The van der Waals surface area contributed by atoms with Crippen LogP contribution in [-0.2, 0) is 11.3 Å². The number of nitrogens with zero attached hydrogens (tertiary/aromatic N) is 3. The summed E-state index contributed by atoms with van der Waals surface area (Å²) in [5.74, 6) is 0.217. The van der Waals surface area contributed by atoms with Crippen molar-refractivity contribution in [1.29, 1.82) is 0 Å². The van der Waals surface area contributed by atoms with Gasteiger partial charge >= 0.3 is 0 Å². The molecule has 128 valence electrons. The fourth-order valence-corrected chi connectivity index (χ4v) is 5.48. The lowest BCUT2D eigenvalue weighted by Crippen LogP contribution is -2.64. The van der Waals surface area contributed by atoms with E-state index in [4.69, 9.17) is 0 Å². The predicted octanol–water partition coefficient (Wildman–Crippen LogP) is 3.04. The Hall–Kier alpha value is -1.21. The highest BCUT2D eigenvalue weighted by atomic mass is 32.1. The van der Waals surface area contributed by atoms with Crippen LogP contribution < -0.4 is 4.90 Å². The molecule has 1 amide bonds. The molecule has 4 nitrogen and oxygen atoms in total. The smallest absolute Gasteiger partial charge is 0.241 e. The number of likely N-dealkylation sites (tertiary alicyclic amines) is 1. The number of thiophene rings is 2. The van der Waals surface area contributed by atoms with E-state index in [1.54, 1.807) is 11.3 Å². The quantitative estimate of drug-likeness (QED) is 0.841. The minimum absolute atomic E-state index is 0.0843. The van der Waals surface area contributed by atoms with E-state index in [1.807, 2.05) is 21.6 Å². The molecule has 24 heavy (non-hydrogen) atoms. The summed E-state index contributed by atoms with van der Waals surface area (Å²) in [7, 11) is 2.11. The lowest BCUT2D eigenvalue weighted by atomic mass is 9.93. The molecule has 0 N–H and O–H groups in total. The highest BCUT2D eigenvalue weighted by molar-refractivity contribution is 7.10. The molecule has 1 unspecified atom stereocenters. The van der Waals surface area contributed by atoms with E-state index in [1.165, 1.54) is 10.4 Å². The van der Waals surface area contributed by atoms with Crippen LogP contribution in [0.25, 0.3) is 0 Å². The maximum absolute atomic E-state index is 12.5. The molecule has 0 radical (unpaired) electrons. The second-order valence-corrected chi connectivity index (χ2v) is 8.81. The SMILES string of the molecule is Cc1ccsc1CN1CCC2(C1)CN(c1ccsc1)C(=O)CN2C. The normalized spacial score (nSPS) is 25.9. The van der Waals surface area contributed by atoms with Gasteiger partial charge in [0.05, 0.1) is 17.8 Å². The molecule has 0 bridgehead atoms. The number of carbonyl (C=O) groups is 1. The Labute approximate surface area is 151 Å². The van der Waals surface area contributed by atoms with E-state index >= 15 is 0 Å². The molecule has 1 spiro atoms. The Morgan fingerprint density at radius 1 is 1.25 bits per heavy atom. The summed E-state index contributed by atoms with van der Waals surface area (Å²) in [5, 5.41) is 6.31. The predicted molar refractivity (Wildman–Crippen MR) is 101 cm³/mol. The molecule has 2 aromatic heterocycles. The average Bonchev–Trinajstić information content (AvgIpc) is 3.27. The van der Waals surface area contributed by atoms with E-state index in [2.05, 4.69) is 46.7 Å². The Bertz CT molecular complexity index is 726. The summed E-state index contributed by atoms with van der Waals surface area (Å²) >= 11 is 3.51. The molecule has 2 aromatic rings. The third-order valence-electron chi connectivity index (χ3n) is 5.50. The maximum Gasteiger partial charge on any atom is 0.241 e. The standard InChI is InChI=1S/C18H23N3OS2/c1-14-3-8-24-16(14)9-20-6-5-18(12-20)13-21(15-4-7-23-11-15)17(22)10-19(18)2/h3-4,7-8,11H,5-6,9-10,12-13H2,1-2H3. The van der Waals surface area contributed by atoms with Crippen LogP contribution in [0.3, 0.4) is 0 Å². The molecule has 0 aromatic carbocycles. The van der Waals surface area contributed by atoms with Gasteiger partial charge in [0.1, 0.15) is 0 Å². The number of hydrogen-bond acceptors (Lipinski definition) is 5. The van der Waals surface area contributed by atoms with Crippen molar-refractivity contribution in [2.24, 2.45) is 0 Å². The number of likely N-dealkylation sites (N-methyl/N-ethyl adjacent to an activating group) is 1. The Balaban J connectivity index is 1.51. The van der Waals surface area contributed by atoms with Gasteiger partial charge in [0.2, 0.25) is 5.91 Å². The Kier molecular flexibility index (Phi) is 4.24. The number of rotatable bonds is 3. The first-order valence-corrected chi connectivity index (χ1v) is 10.2. The van der Waals surface area contributed by atoms with Gasteiger partial charge in [-0.15, -0.1) is 11.3 Å². The number of carbonyl (C=O) groups excluding carboxylic acids is 1. The van der Waals surface area contributed by atoms with Crippen molar-refractivity contribution in [2.75, 3.05) is 38.1 Å². The van der Waals surface area contributed by atoms with Gasteiger partial charge in [-0.3, -0.25) is 14.6 Å². The lowest BCUT2D eigenvalue weighted by molar-refractivity contribution is -0.123. The molecule has 2 aliphatic heterocycles. The van der Waals surface area contributed by atoms with E-state index < -0.39 is 0 Å². The van der Waals surface area contributed by atoms with E-state index in [0.717, 1.165) is 38.3 Å². The zero-order valence-corrected chi connectivity index (χ0v) is 15.8. The molecular weight excluding hydrogens is 338 g/mol. The van der Waals surface area contributed by atoms with Crippen molar-refractivity contribution in [3.63, 3.8) is 0 Å². The van der Waals surface area contributed by atoms with Crippen LogP contribution in [-0.4, -0.2) is 54.5 Å². The van der Waals surface area contributed by atoms with Gasteiger partial charge in [0.15, 0.2) is 0 Å². The fraction of sp³-hybridized carbons (Fsp3) is 0.500. The first-order valence-electron chi connectivity index (χ1n) is 8.36. The second-order valence-electron chi connectivity index (χ2n) is 7.03. The molecule has 2 saturated heterocycles. The van der Waals surface area contributed by atoms with Crippen molar-refractivity contribution in [1.82, 2.24) is 9.80 Å². The third kappa shape index (κ3) is 2.81. The van der Waals surface area contributed by atoms with Crippen molar-refractivity contribution in [3.8, 4) is 0 Å². The molecule has 1 atom stereocenters. The van der Waals surface area contributed by atoms with Crippen molar-refractivity contribution in [2.45, 2.75) is 25.4 Å². The van der Waals surface area contributed by atoms with Gasteiger partial charge in [-0.05, 0) is 48.8 Å². The summed E-state index contributed by atoms with van der Waals surface area (Å²) in [6, 6.07) is 4.26. The summed E-state index contributed by atoms with van der Waals surface area (Å²) in [6.45, 7) is 6.69. The van der Waals surface area contributed by atoms with Crippen LogP contribution in [0, 0.1) is 6.92 Å². The molecule has 6 heteroatoms. The van der Waals surface area contributed by atoms with Gasteiger partial charge in [-0.1, -0.05) is 0 Å². The summed E-state index contributed by atoms with van der Waals surface area (Å²) in [6.07, 6.45) is 1.13. The number of hydrogen-bond donors (Lipinski definition) is 0. The fourth-order valence-electron chi connectivity index (χ4n) is 3.89. The highest BCUT2D eigenvalue weighted by Crippen LogP contribution is 2.35. The van der Waals surface area contributed by atoms with E-state index in [9.17, 15) is 4.79 Å². The lowest BCUT2D eigenvalue weighted by Gasteiger charge is -2.46. The Morgan fingerprint density at radius 3 is 2.83 bits per heavy atom. The van der Waals surface area contributed by atoms with Gasteiger partial charge in [-0.2, -0.15) is 11.3 Å². The molecule has 0 saturated carbocycles. The maximum atomic E-state index is 12.5. The molecule has 0 aliphatic carbocycles. The monoisotopic (exact) mass is 361 g/mol. The average molecular weight is 362 g/mol. The van der Waals surface area contributed by atoms with Gasteiger partial charge < -0.3 is 4.90 Å². The van der Waals surface area contributed by atoms with Crippen molar-refractivity contribution >= 4 is 34.3 Å². The number of amides is 1. The summed E-state index contributed by atoms with van der Waals surface area (Å²) in [4.78, 5) is 20.8. The van der Waals surface area contributed by atoms with Crippen LogP contribution in [0.15, 0.2) is 28.3 Å². The van der Waals surface area contributed by atoms with E-state index in [-0.39, 0.29) is 11.4 Å². The van der Waals surface area contributed by atoms with Gasteiger partial charge in [0, 0.05) is 36.4 Å². The summed E-state index contributed by atoms with van der Waals surface area (Å²) < 4.78 is 0. The van der Waals surface area contributed by atoms with Crippen LogP contribution in [0.4, 0.5) is 5.69 Å². The number of piperazine rings is 1. The largest absolute Gasteiger partial charge is 0.309 e. The summed E-state index contributed by atoms with van der Waals surface area (Å²) in [5.41, 5.74) is 2.54.